The molecule has 0 radical (unpaired) electrons. The highest BCUT2D eigenvalue weighted by molar-refractivity contribution is 6.04. The van der Waals surface area contributed by atoms with Crippen molar-refractivity contribution in [1.29, 1.82) is 5.26 Å². The van der Waals surface area contributed by atoms with Gasteiger partial charge >= 0.3 is 0 Å². The van der Waals surface area contributed by atoms with Crippen molar-refractivity contribution in [1.82, 2.24) is 0 Å². The number of carbonyl (C=O) groups excluding carboxylic acids is 1. The van der Waals surface area contributed by atoms with Crippen LogP contribution in [0.1, 0.15) is 33.5 Å². The number of hydrogen-bond acceptors (Lipinski definition) is 3. The zero-order valence-corrected chi connectivity index (χ0v) is 12.2. The lowest BCUT2D eigenvalue weighted by atomic mass is 9.87. The number of benzene rings is 2. The van der Waals surface area contributed by atoms with E-state index in [0.29, 0.717) is 16.8 Å². The quantitative estimate of drug-likeness (QED) is 0.892. The maximum absolute atomic E-state index is 12.3. The summed E-state index contributed by atoms with van der Waals surface area (Å²) in [6.07, 6.45) is 2.77. The molecule has 0 aliphatic heterocycles. The lowest BCUT2D eigenvalue weighted by Crippen LogP contribution is -2.28. The molecule has 110 valence electrons. The van der Waals surface area contributed by atoms with Gasteiger partial charge < -0.3 is 11.1 Å². The van der Waals surface area contributed by atoms with Gasteiger partial charge in [-0.25, -0.2) is 0 Å². The van der Waals surface area contributed by atoms with Crippen LogP contribution in [-0.4, -0.2) is 11.9 Å². The molecule has 1 atom stereocenters. The highest BCUT2D eigenvalue weighted by atomic mass is 16.1. The van der Waals surface area contributed by atoms with Gasteiger partial charge in [0.1, 0.15) is 0 Å². The van der Waals surface area contributed by atoms with E-state index in [9.17, 15) is 4.79 Å². The van der Waals surface area contributed by atoms with Gasteiger partial charge in [0.25, 0.3) is 5.91 Å². The minimum Gasteiger partial charge on any atom is -0.327 e. The van der Waals surface area contributed by atoms with Crippen molar-refractivity contribution in [3.8, 4) is 6.07 Å². The van der Waals surface area contributed by atoms with E-state index in [1.807, 2.05) is 18.2 Å². The van der Waals surface area contributed by atoms with Crippen molar-refractivity contribution >= 4 is 11.6 Å². The number of rotatable bonds is 2. The van der Waals surface area contributed by atoms with Crippen molar-refractivity contribution in [3.05, 3.63) is 64.7 Å². The molecule has 0 spiro atoms. The first-order valence-electron chi connectivity index (χ1n) is 7.34. The SMILES string of the molecule is N#Cc1ccc(NC(=O)c2ccc3c(c2)CC[C@@H](N)C3)cc1. The van der Waals surface area contributed by atoms with E-state index < -0.39 is 0 Å². The molecule has 1 aliphatic carbocycles. The predicted molar refractivity (Wildman–Crippen MR) is 85.6 cm³/mol. The summed E-state index contributed by atoms with van der Waals surface area (Å²) in [7, 11) is 0. The lowest BCUT2D eigenvalue weighted by molar-refractivity contribution is 0.102. The van der Waals surface area contributed by atoms with Crippen LogP contribution in [0, 0.1) is 11.3 Å². The van der Waals surface area contributed by atoms with E-state index >= 15 is 0 Å². The maximum Gasteiger partial charge on any atom is 0.255 e. The molecule has 3 N–H and O–H groups in total. The summed E-state index contributed by atoms with van der Waals surface area (Å²) in [5.74, 6) is -0.137. The van der Waals surface area contributed by atoms with Gasteiger partial charge in [-0.2, -0.15) is 5.26 Å². The van der Waals surface area contributed by atoms with Gasteiger partial charge in [0, 0.05) is 17.3 Å². The molecule has 3 rings (SSSR count). The third kappa shape index (κ3) is 3.00. The molecular weight excluding hydrogens is 274 g/mol. The van der Waals surface area contributed by atoms with Gasteiger partial charge in [-0.05, 0) is 66.8 Å². The molecule has 22 heavy (non-hydrogen) atoms. The van der Waals surface area contributed by atoms with E-state index in [1.165, 1.54) is 11.1 Å². The van der Waals surface area contributed by atoms with E-state index in [1.54, 1.807) is 24.3 Å². The van der Waals surface area contributed by atoms with Crippen LogP contribution in [0.5, 0.6) is 0 Å². The molecule has 4 heteroatoms. The Kier molecular flexibility index (Phi) is 3.90. The summed E-state index contributed by atoms with van der Waals surface area (Å²) in [5.41, 5.74) is 10.3. The van der Waals surface area contributed by atoms with Crippen LogP contribution < -0.4 is 11.1 Å². The second-order valence-electron chi connectivity index (χ2n) is 5.63. The van der Waals surface area contributed by atoms with Crippen molar-refractivity contribution in [2.24, 2.45) is 5.73 Å². The number of nitrogens with two attached hydrogens (primary N) is 1. The first kappa shape index (κ1) is 14.3. The zero-order chi connectivity index (χ0) is 15.5. The minimum atomic E-state index is -0.137. The van der Waals surface area contributed by atoms with Crippen LogP contribution in [0.3, 0.4) is 0 Å². The molecule has 1 amide bonds. The fourth-order valence-electron chi connectivity index (χ4n) is 2.76. The minimum absolute atomic E-state index is 0.137. The van der Waals surface area contributed by atoms with Crippen LogP contribution in [0.2, 0.25) is 0 Å². The number of carbonyl (C=O) groups is 1. The van der Waals surface area contributed by atoms with Crippen LogP contribution >= 0.6 is 0 Å². The average Bonchev–Trinajstić information content (AvgIpc) is 2.55. The van der Waals surface area contributed by atoms with Crippen molar-refractivity contribution in [2.45, 2.75) is 25.3 Å². The number of nitriles is 1. The smallest absolute Gasteiger partial charge is 0.255 e. The number of aryl methyl sites for hydroxylation is 1. The summed E-state index contributed by atoms with van der Waals surface area (Å²) < 4.78 is 0. The summed E-state index contributed by atoms with van der Waals surface area (Å²) in [4.78, 5) is 12.3. The highest BCUT2D eigenvalue weighted by Crippen LogP contribution is 2.22. The summed E-state index contributed by atoms with van der Waals surface area (Å²) >= 11 is 0. The molecule has 0 saturated carbocycles. The molecule has 0 saturated heterocycles. The third-order valence-electron chi connectivity index (χ3n) is 4.01. The average molecular weight is 291 g/mol. The van der Waals surface area contributed by atoms with Gasteiger partial charge in [0.15, 0.2) is 0 Å². The second kappa shape index (κ2) is 6.00. The van der Waals surface area contributed by atoms with Crippen LogP contribution in [0.4, 0.5) is 5.69 Å². The zero-order valence-electron chi connectivity index (χ0n) is 12.2. The van der Waals surface area contributed by atoms with E-state index in [2.05, 4.69) is 11.4 Å². The fraction of sp³-hybridized carbons (Fsp3) is 0.222. The number of anilines is 1. The molecule has 2 aromatic carbocycles. The molecule has 0 heterocycles. The monoisotopic (exact) mass is 291 g/mol. The number of amides is 1. The Hall–Kier alpha value is -2.64. The lowest BCUT2D eigenvalue weighted by Gasteiger charge is -2.21. The molecule has 1 aliphatic rings. The van der Waals surface area contributed by atoms with Gasteiger partial charge in [-0.1, -0.05) is 6.07 Å². The first-order chi connectivity index (χ1) is 10.7. The summed E-state index contributed by atoms with van der Waals surface area (Å²) in [6.45, 7) is 0. The van der Waals surface area contributed by atoms with Crippen LogP contribution in [0.25, 0.3) is 0 Å². The van der Waals surface area contributed by atoms with Crippen molar-refractivity contribution < 1.29 is 4.79 Å². The van der Waals surface area contributed by atoms with Crippen LogP contribution in [-0.2, 0) is 12.8 Å². The van der Waals surface area contributed by atoms with E-state index in [-0.39, 0.29) is 11.9 Å². The highest BCUT2D eigenvalue weighted by Gasteiger charge is 2.17. The number of fused-ring (bicyclic) bond motifs is 1. The Morgan fingerprint density at radius 3 is 2.68 bits per heavy atom. The Bertz CT molecular complexity index is 744. The number of nitrogens with zero attached hydrogens (tertiary/aromatic N) is 1. The first-order valence-corrected chi connectivity index (χ1v) is 7.34. The van der Waals surface area contributed by atoms with Crippen molar-refractivity contribution in [2.75, 3.05) is 5.32 Å². The Labute approximate surface area is 129 Å². The number of hydrogen-bond donors (Lipinski definition) is 2. The summed E-state index contributed by atoms with van der Waals surface area (Å²) in [5, 5.41) is 11.6. The Morgan fingerprint density at radius 2 is 1.95 bits per heavy atom. The third-order valence-corrected chi connectivity index (χ3v) is 4.01. The number of nitrogens with one attached hydrogen (secondary N) is 1. The summed E-state index contributed by atoms with van der Waals surface area (Å²) in [6, 6.07) is 14.9. The van der Waals surface area contributed by atoms with Gasteiger partial charge in [0.2, 0.25) is 0 Å². The fourth-order valence-corrected chi connectivity index (χ4v) is 2.76. The predicted octanol–water partition coefficient (Wildman–Crippen LogP) is 2.63. The van der Waals surface area contributed by atoms with Gasteiger partial charge in [0.05, 0.1) is 11.6 Å². The molecule has 2 aromatic rings. The molecule has 0 fully saturated rings. The largest absolute Gasteiger partial charge is 0.327 e. The molecule has 0 aromatic heterocycles. The maximum atomic E-state index is 12.3. The molecule has 4 nitrogen and oxygen atoms in total. The van der Waals surface area contributed by atoms with Gasteiger partial charge in [-0.3, -0.25) is 4.79 Å². The van der Waals surface area contributed by atoms with Crippen molar-refractivity contribution in [3.63, 3.8) is 0 Å². The molecule has 0 bridgehead atoms. The normalized spacial score (nSPS) is 16.5. The van der Waals surface area contributed by atoms with E-state index in [4.69, 9.17) is 11.0 Å². The Morgan fingerprint density at radius 1 is 1.18 bits per heavy atom. The standard InChI is InChI=1S/C18H17N3O/c19-11-12-1-7-17(8-2-12)21-18(22)15-4-3-14-10-16(20)6-5-13(14)9-15/h1-4,7-9,16H,5-6,10,20H2,(H,21,22)/t16-/m1/s1. The van der Waals surface area contributed by atoms with E-state index in [0.717, 1.165) is 19.3 Å². The Balaban J connectivity index is 1.76. The topological polar surface area (TPSA) is 78.9 Å². The van der Waals surface area contributed by atoms with Crippen LogP contribution in [0.15, 0.2) is 42.5 Å². The molecular formula is C18H17N3O. The molecule has 0 unspecified atom stereocenters. The second-order valence-corrected chi connectivity index (χ2v) is 5.63. The van der Waals surface area contributed by atoms with Gasteiger partial charge in [-0.15, -0.1) is 0 Å².